The van der Waals surface area contributed by atoms with Gasteiger partial charge in [0.25, 0.3) is 0 Å². The number of hydrogen-bond acceptors (Lipinski definition) is 8. The largest absolute Gasteiger partial charge is 0.496 e. The maximum absolute atomic E-state index is 5.66. The molecule has 4 rings (SSSR count). The minimum absolute atomic E-state index is 0.456. The number of para-hydroxylation sites is 1. The van der Waals surface area contributed by atoms with Crippen molar-refractivity contribution in [3.05, 3.63) is 59.9 Å². The summed E-state index contributed by atoms with van der Waals surface area (Å²) in [7, 11) is 3.29. The molecule has 0 unspecified atom stereocenters. The van der Waals surface area contributed by atoms with E-state index in [-0.39, 0.29) is 0 Å². The summed E-state index contributed by atoms with van der Waals surface area (Å²) in [6.45, 7) is 0.996. The van der Waals surface area contributed by atoms with E-state index < -0.39 is 0 Å². The van der Waals surface area contributed by atoms with Crippen LogP contribution in [0.4, 0.5) is 5.82 Å². The molecule has 2 aromatic heterocycles. The molecule has 3 N–H and O–H groups in total. The van der Waals surface area contributed by atoms with E-state index in [0.29, 0.717) is 24.5 Å². The van der Waals surface area contributed by atoms with Gasteiger partial charge in [0.2, 0.25) is 0 Å². The van der Waals surface area contributed by atoms with E-state index in [9.17, 15) is 0 Å². The van der Waals surface area contributed by atoms with Crippen molar-refractivity contribution in [2.45, 2.75) is 18.0 Å². The lowest BCUT2D eigenvalue weighted by Gasteiger charge is -2.10. The minimum atomic E-state index is 0.456. The third-order valence-electron chi connectivity index (χ3n) is 4.45. The molecule has 0 fully saturated rings. The predicted molar refractivity (Wildman–Crippen MR) is 112 cm³/mol. The van der Waals surface area contributed by atoms with Gasteiger partial charge in [-0.15, -0.1) is 0 Å². The van der Waals surface area contributed by atoms with Crippen LogP contribution in [0, 0.1) is 0 Å². The molecule has 150 valence electrons. The Bertz CT molecular complexity index is 1120. The number of anilines is 1. The standard InChI is InChI=1S/C20H21N5O3S/c1-26-16-5-3-4-6-19(16)29-24-20-15-8-17(27-2)14(7-18(15)28-23-20)12-25-11-13(9-21)10-22-25/h3-8,10-11H,9,12,21H2,1-2H3,(H,23,24). The average Bonchev–Trinajstić information content (AvgIpc) is 3.38. The van der Waals surface area contributed by atoms with Gasteiger partial charge in [0.1, 0.15) is 11.5 Å². The summed E-state index contributed by atoms with van der Waals surface area (Å²) in [5.74, 6) is 2.13. The summed E-state index contributed by atoms with van der Waals surface area (Å²) in [6.07, 6.45) is 3.68. The van der Waals surface area contributed by atoms with Gasteiger partial charge < -0.3 is 24.5 Å². The topological polar surface area (TPSA) is 100 Å². The number of nitrogens with one attached hydrogen (secondary N) is 1. The van der Waals surface area contributed by atoms with Gasteiger partial charge in [0.15, 0.2) is 11.4 Å². The molecule has 2 heterocycles. The van der Waals surface area contributed by atoms with Gasteiger partial charge in [-0.1, -0.05) is 17.3 Å². The highest BCUT2D eigenvalue weighted by molar-refractivity contribution is 8.00. The first kappa shape index (κ1) is 19.2. The van der Waals surface area contributed by atoms with Crippen molar-refractivity contribution in [1.82, 2.24) is 14.9 Å². The first-order chi connectivity index (χ1) is 14.2. The number of aromatic nitrogens is 3. The number of ether oxygens (including phenoxy) is 2. The Labute approximate surface area is 172 Å². The summed E-state index contributed by atoms with van der Waals surface area (Å²) in [4.78, 5) is 0.948. The van der Waals surface area contributed by atoms with Gasteiger partial charge in [0.05, 0.1) is 37.2 Å². The molecular weight excluding hydrogens is 390 g/mol. The van der Waals surface area contributed by atoms with Crippen LogP contribution in [0.15, 0.2) is 58.2 Å². The second-order valence-electron chi connectivity index (χ2n) is 6.30. The van der Waals surface area contributed by atoms with Crippen LogP contribution in [0.1, 0.15) is 11.1 Å². The quantitative estimate of drug-likeness (QED) is 0.424. The summed E-state index contributed by atoms with van der Waals surface area (Å²) < 4.78 is 21.6. The lowest BCUT2D eigenvalue weighted by molar-refractivity contribution is 0.405. The van der Waals surface area contributed by atoms with Crippen molar-refractivity contribution in [2.75, 3.05) is 18.9 Å². The first-order valence-electron chi connectivity index (χ1n) is 8.95. The molecule has 0 radical (unpaired) electrons. The Morgan fingerprint density at radius 2 is 2.00 bits per heavy atom. The van der Waals surface area contributed by atoms with Crippen molar-refractivity contribution in [1.29, 1.82) is 0 Å². The molecule has 0 saturated carbocycles. The van der Waals surface area contributed by atoms with E-state index in [4.69, 9.17) is 19.7 Å². The van der Waals surface area contributed by atoms with Gasteiger partial charge >= 0.3 is 0 Å². The maximum Gasteiger partial charge on any atom is 0.187 e. The molecule has 0 spiro atoms. The van der Waals surface area contributed by atoms with Crippen LogP contribution in [0.3, 0.4) is 0 Å². The number of nitrogens with zero attached hydrogens (tertiary/aromatic N) is 3. The smallest absolute Gasteiger partial charge is 0.187 e. The van der Waals surface area contributed by atoms with Crippen LogP contribution in [-0.2, 0) is 13.1 Å². The van der Waals surface area contributed by atoms with E-state index in [0.717, 1.165) is 32.9 Å². The molecule has 0 aliphatic heterocycles. The first-order valence-corrected chi connectivity index (χ1v) is 9.77. The van der Waals surface area contributed by atoms with Crippen LogP contribution in [-0.4, -0.2) is 29.2 Å². The Kier molecular flexibility index (Phi) is 5.59. The molecule has 0 saturated heterocycles. The molecule has 29 heavy (non-hydrogen) atoms. The van der Waals surface area contributed by atoms with Crippen molar-refractivity contribution >= 4 is 28.7 Å². The number of nitrogens with two attached hydrogens (primary N) is 1. The second kappa shape index (κ2) is 8.46. The molecule has 0 bridgehead atoms. The van der Waals surface area contributed by atoms with E-state index in [1.165, 1.54) is 11.9 Å². The van der Waals surface area contributed by atoms with Gasteiger partial charge in [-0.3, -0.25) is 4.68 Å². The fourth-order valence-electron chi connectivity index (χ4n) is 2.97. The average molecular weight is 411 g/mol. The lowest BCUT2D eigenvalue weighted by atomic mass is 10.1. The molecule has 9 heteroatoms. The summed E-state index contributed by atoms with van der Waals surface area (Å²) in [5, 5.41) is 9.32. The van der Waals surface area contributed by atoms with Crippen LogP contribution < -0.4 is 19.9 Å². The van der Waals surface area contributed by atoms with Crippen LogP contribution in [0.25, 0.3) is 11.0 Å². The van der Waals surface area contributed by atoms with E-state index in [1.54, 1.807) is 20.4 Å². The van der Waals surface area contributed by atoms with E-state index >= 15 is 0 Å². The van der Waals surface area contributed by atoms with Crippen molar-refractivity contribution in [3.8, 4) is 11.5 Å². The van der Waals surface area contributed by atoms with Crippen LogP contribution in [0.2, 0.25) is 0 Å². The molecule has 8 nitrogen and oxygen atoms in total. The molecular formula is C20H21N5O3S. The van der Waals surface area contributed by atoms with E-state index in [1.807, 2.05) is 47.3 Å². The number of rotatable bonds is 8. The fourth-order valence-corrected chi connectivity index (χ4v) is 3.73. The van der Waals surface area contributed by atoms with Gasteiger partial charge in [-0.05, 0) is 36.2 Å². The zero-order valence-corrected chi connectivity index (χ0v) is 16.9. The number of hydrogen-bond donors (Lipinski definition) is 2. The normalized spacial score (nSPS) is 11.0. The molecule has 0 aliphatic carbocycles. The van der Waals surface area contributed by atoms with Gasteiger partial charge in [0, 0.05) is 23.9 Å². The van der Waals surface area contributed by atoms with Gasteiger partial charge in [-0.2, -0.15) is 5.10 Å². The fraction of sp³-hybridized carbons (Fsp3) is 0.200. The van der Waals surface area contributed by atoms with Crippen LogP contribution >= 0.6 is 11.9 Å². The molecule has 2 aromatic carbocycles. The van der Waals surface area contributed by atoms with E-state index in [2.05, 4.69) is 15.0 Å². The zero-order chi connectivity index (χ0) is 20.2. The molecule has 0 atom stereocenters. The Balaban J connectivity index is 1.59. The lowest BCUT2D eigenvalue weighted by Crippen LogP contribution is -2.02. The SMILES string of the molecule is COc1cc2c(NSc3ccccc3OC)noc2cc1Cn1cc(CN)cn1. The summed E-state index contributed by atoms with van der Waals surface area (Å²) in [6, 6.07) is 11.6. The molecule has 4 aromatic rings. The highest BCUT2D eigenvalue weighted by Crippen LogP contribution is 2.35. The predicted octanol–water partition coefficient (Wildman–Crippen LogP) is 3.67. The molecule has 0 amide bonds. The van der Waals surface area contributed by atoms with Gasteiger partial charge in [-0.25, -0.2) is 0 Å². The van der Waals surface area contributed by atoms with Crippen molar-refractivity contribution in [2.24, 2.45) is 5.73 Å². The highest BCUT2D eigenvalue weighted by atomic mass is 32.2. The number of benzene rings is 2. The maximum atomic E-state index is 5.66. The molecule has 0 aliphatic rings. The summed E-state index contributed by atoms with van der Waals surface area (Å²) >= 11 is 1.41. The zero-order valence-electron chi connectivity index (χ0n) is 16.1. The van der Waals surface area contributed by atoms with Crippen molar-refractivity contribution in [3.63, 3.8) is 0 Å². The van der Waals surface area contributed by atoms with Crippen molar-refractivity contribution < 1.29 is 14.0 Å². The second-order valence-corrected chi connectivity index (χ2v) is 7.14. The Morgan fingerprint density at radius 1 is 1.17 bits per heavy atom. The monoisotopic (exact) mass is 411 g/mol. The highest BCUT2D eigenvalue weighted by Gasteiger charge is 2.15. The third-order valence-corrected chi connectivity index (χ3v) is 5.31. The number of fused-ring (bicyclic) bond motifs is 1. The summed E-state index contributed by atoms with van der Waals surface area (Å²) in [5.41, 5.74) is 8.24. The number of methoxy groups -OCH3 is 2. The Morgan fingerprint density at radius 3 is 2.76 bits per heavy atom. The minimum Gasteiger partial charge on any atom is -0.496 e. The van der Waals surface area contributed by atoms with Crippen LogP contribution in [0.5, 0.6) is 11.5 Å². The third kappa shape index (κ3) is 4.01. The Hall–Kier alpha value is -3.17.